The van der Waals surface area contributed by atoms with Crippen LogP contribution < -0.4 is 4.74 Å². The third kappa shape index (κ3) is 2.68. The minimum atomic E-state index is 0.0121. The lowest BCUT2D eigenvalue weighted by Crippen LogP contribution is -2.07. The monoisotopic (exact) mass is 254 g/mol. The number of carbonyl (C=O) groups is 1. The summed E-state index contributed by atoms with van der Waals surface area (Å²) in [5.41, 5.74) is 4.47. The molecule has 0 fully saturated rings. The third-order valence-corrected chi connectivity index (χ3v) is 3.17. The van der Waals surface area contributed by atoms with E-state index in [1.165, 1.54) is 0 Å². The Morgan fingerprint density at radius 1 is 1.00 bits per heavy atom. The highest BCUT2D eigenvalue weighted by Gasteiger charge is 2.17. The van der Waals surface area contributed by atoms with Gasteiger partial charge in [-0.05, 0) is 44.0 Å². The second-order valence-corrected chi connectivity index (χ2v) is 4.86. The Morgan fingerprint density at radius 2 is 1.74 bits per heavy atom. The maximum Gasteiger partial charge on any atom is 0.197 e. The topological polar surface area (TPSA) is 26.3 Å². The van der Waals surface area contributed by atoms with Crippen LogP contribution in [0.5, 0.6) is 5.75 Å². The van der Waals surface area contributed by atoms with Gasteiger partial charge in [-0.2, -0.15) is 0 Å². The second kappa shape index (κ2) is 5.27. The average Bonchev–Trinajstić information content (AvgIpc) is 2.37. The minimum absolute atomic E-state index is 0.0121. The van der Waals surface area contributed by atoms with Crippen LogP contribution in [0.4, 0.5) is 0 Å². The predicted molar refractivity (Wildman–Crippen MR) is 77.1 cm³/mol. The molecule has 0 atom stereocenters. The molecule has 0 unspecified atom stereocenters. The van der Waals surface area contributed by atoms with E-state index >= 15 is 0 Å². The van der Waals surface area contributed by atoms with Crippen LogP contribution in [0.3, 0.4) is 0 Å². The van der Waals surface area contributed by atoms with Crippen LogP contribution in [0, 0.1) is 20.8 Å². The lowest BCUT2D eigenvalue weighted by atomic mass is 9.95. The van der Waals surface area contributed by atoms with Gasteiger partial charge >= 0.3 is 0 Å². The molecule has 0 aromatic heterocycles. The van der Waals surface area contributed by atoms with E-state index in [1.54, 1.807) is 7.11 Å². The highest BCUT2D eigenvalue weighted by Crippen LogP contribution is 2.27. The van der Waals surface area contributed by atoms with Gasteiger partial charge in [-0.3, -0.25) is 4.79 Å². The van der Waals surface area contributed by atoms with Crippen LogP contribution in [-0.2, 0) is 0 Å². The van der Waals surface area contributed by atoms with E-state index in [9.17, 15) is 4.79 Å². The first-order valence-electron chi connectivity index (χ1n) is 6.29. The van der Waals surface area contributed by atoms with Crippen molar-refractivity contribution < 1.29 is 9.53 Å². The number of rotatable bonds is 3. The maximum atomic E-state index is 12.6. The molecule has 0 bridgehead atoms. The molecule has 0 aliphatic carbocycles. The summed E-state index contributed by atoms with van der Waals surface area (Å²) in [6.45, 7) is 5.92. The van der Waals surface area contributed by atoms with Gasteiger partial charge in [0.15, 0.2) is 5.78 Å². The molecule has 0 aliphatic heterocycles. The first-order chi connectivity index (χ1) is 9.02. The van der Waals surface area contributed by atoms with Crippen LogP contribution in [0.1, 0.15) is 32.6 Å². The van der Waals surface area contributed by atoms with Crippen LogP contribution in [0.15, 0.2) is 36.4 Å². The molecule has 2 nitrogen and oxygen atoms in total. The van der Waals surface area contributed by atoms with Gasteiger partial charge in [0.25, 0.3) is 0 Å². The average molecular weight is 254 g/mol. The summed E-state index contributed by atoms with van der Waals surface area (Å²) >= 11 is 0. The Labute approximate surface area is 114 Å². The largest absolute Gasteiger partial charge is 0.496 e. The van der Waals surface area contributed by atoms with Crippen molar-refractivity contribution >= 4 is 5.78 Å². The standard InChI is InChI=1S/C17H18O2/c1-11-6-5-7-14(9-11)17(18)16-13(3)8-12(2)10-15(16)19-4/h5-10H,1-4H3. The Hall–Kier alpha value is -2.09. The summed E-state index contributed by atoms with van der Waals surface area (Å²) in [7, 11) is 1.60. The van der Waals surface area contributed by atoms with Crippen molar-refractivity contribution in [3.8, 4) is 5.75 Å². The number of aryl methyl sites for hydroxylation is 3. The van der Waals surface area contributed by atoms with E-state index in [4.69, 9.17) is 4.74 Å². The van der Waals surface area contributed by atoms with E-state index in [0.717, 1.165) is 16.7 Å². The van der Waals surface area contributed by atoms with Gasteiger partial charge in [0.2, 0.25) is 0 Å². The smallest absolute Gasteiger partial charge is 0.197 e. The molecule has 0 saturated carbocycles. The Bertz CT molecular complexity index is 627. The fourth-order valence-electron chi connectivity index (χ4n) is 2.31. The highest BCUT2D eigenvalue weighted by molar-refractivity contribution is 6.11. The zero-order valence-electron chi connectivity index (χ0n) is 11.8. The molecular weight excluding hydrogens is 236 g/mol. The van der Waals surface area contributed by atoms with E-state index in [-0.39, 0.29) is 5.78 Å². The highest BCUT2D eigenvalue weighted by atomic mass is 16.5. The molecule has 0 N–H and O–H groups in total. The Kier molecular flexibility index (Phi) is 3.70. The van der Waals surface area contributed by atoms with Crippen LogP contribution >= 0.6 is 0 Å². The number of ketones is 1. The Balaban J connectivity index is 2.56. The molecule has 0 heterocycles. The van der Waals surface area contributed by atoms with Crippen molar-refractivity contribution in [3.05, 3.63) is 64.2 Å². The van der Waals surface area contributed by atoms with Gasteiger partial charge in [-0.1, -0.05) is 29.8 Å². The lowest BCUT2D eigenvalue weighted by molar-refractivity contribution is 0.103. The molecule has 0 aliphatic rings. The van der Waals surface area contributed by atoms with Gasteiger partial charge in [-0.25, -0.2) is 0 Å². The van der Waals surface area contributed by atoms with Crippen molar-refractivity contribution in [2.75, 3.05) is 7.11 Å². The quantitative estimate of drug-likeness (QED) is 0.778. The molecule has 2 aromatic rings. The zero-order chi connectivity index (χ0) is 14.0. The molecular formula is C17H18O2. The van der Waals surface area contributed by atoms with Gasteiger partial charge in [0, 0.05) is 5.56 Å². The summed E-state index contributed by atoms with van der Waals surface area (Å²) in [6, 6.07) is 11.5. The first-order valence-corrected chi connectivity index (χ1v) is 6.29. The summed E-state index contributed by atoms with van der Waals surface area (Å²) in [5.74, 6) is 0.655. The van der Waals surface area contributed by atoms with Crippen LogP contribution in [-0.4, -0.2) is 12.9 Å². The van der Waals surface area contributed by atoms with E-state index in [1.807, 2.05) is 57.2 Å². The van der Waals surface area contributed by atoms with E-state index in [2.05, 4.69) is 0 Å². The number of benzene rings is 2. The normalized spacial score (nSPS) is 10.3. The summed E-state index contributed by atoms with van der Waals surface area (Å²) in [4.78, 5) is 12.6. The molecule has 98 valence electrons. The Morgan fingerprint density at radius 3 is 2.37 bits per heavy atom. The molecule has 19 heavy (non-hydrogen) atoms. The van der Waals surface area contributed by atoms with Crippen molar-refractivity contribution in [2.24, 2.45) is 0 Å². The molecule has 2 aromatic carbocycles. The summed E-state index contributed by atoms with van der Waals surface area (Å²) < 4.78 is 5.36. The van der Waals surface area contributed by atoms with Gasteiger partial charge in [0.05, 0.1) is 12.7 Å². The van der Waals surface area contributed by atoms with Crippen molar-refractivity contribution in [1.82, 2.24) is 0 Å². The minimum Gasteiger partial charge on any atom is -0.496 e. The number of hydrogen-bond acceptors (Lipinski definition) is 2. The first kappa shape index (κ1) is 13.3. The lowest BCUT2D eigenvalue weighted by Gasteiger charge is -2.12. The summed E-state index contributed by atoms with van der Waals surface area (Å²) in [5, 5.41) is 0. The van der Waals surface area contributed by atoms with E-state index in [0.29, 0.717) is 16.9 Å². The zero-order valence-corrected chi connectivity index (χ0v) is 11.8. The number of carbonyl (C=O) groups excluding carboxylic acids is 1. The second-order valence-electron chi connectivity index (χ2n) is 4.86. The molecule has 0 amide bonds. The third-order valence-electron chi connectivity index (χ3n) is 3.17. The molecule has 0 radical (unpaired) electrons. The van der Waals surface area contributed by atoms with Crippen molar-refractivity contribution in [2.45, 2.75) is 20.8 Å². The van der Waals surface area contributed by atoms with Gasteiger partial charge in [0.1, 0.15) is 5.75 Å². The fourth-order valence-corrected chi connectivity index (χ4v) is 2.31. The van der Waals surface area contributed by atoms with Crippen LogP contribution in [0.25, 0.3) is 0 Å². The molecule has 2 rings (SSSR count). The molecule has 0 saturated heterocycles. The molecule has 2 heteroatoms. The van der Waals surface area contributed by atoms with Crippen molar-refractivity contribution in [1.29, 1.82) is 0 Å². The van der Waals surface area contributed by atoms with Crippen LogP contribution in [0.2, 0.25) is 0 Å². The number of hydrogen-bond donors (Lipinski definition) is 0. The van der Waals surface area contributed by atoms with E-state index < -0.39 is 0 Å². The molecule has 0 spiro atoms. The SMILES string of the molecule is COc1cc(C)cc(C)c1C(=O)c1cccc(C)c1. The predicted octanol–water partition coefficient (Wildman–Crippen LogP) is 3.85. The number of methoxy groups -OCH3 is 1. The van der Waals surface area contributed by atoms with Gasteiger partial charge in [-0.15, -0.1) is 0 Å². The van der Waals surface area contributed by atoms with Crippen molar-refractivity contribution in [3.63, 3.8) is 0 Å². The fraction of sp³-hybridized carbons (Fsp3) is 0.235. The number of ether oxygens (including phenoxy) is 1. The maximum absolute atomic E-state index is 12.6. The van der Waals surface area contributed by atoms with Gasteiger partial charge < -0.3 is 4.74 Å². The summed E-state index contributed by atoms with van der Waals surface area (Å²) in [6.07, 6.45) is 0.